The van der Waals surface area contributed by atoms with E-state index in [0.717, 1.165) is 0 Å². The second kappa shape index (κ2) is 11.2. The molecule has 138 valence electrons. The standard InChI is InChI=1S/C14H18Cl2F3N3O.HI/c1-2-20-13(21-4-3-14(17,18)19)22-8-12(23)9-5-10(15)7-11(16)6-9;/h5-7,12,23H,2-4,8H2,1H3,(H2,20,21,22);1H. The Morgan fingerprint density at radius 2 is 1.79 bits per heavy atom. The lowest BCUT2D eigenvalue weighted by Gasteiger charge is -2.14. The normalized spacial score (nSPS) is 13.2. The molecule has 0 aromatic heterocycles. The third kappa shape index (κ3) is 9.75. The summed E-state index contributed by atoms with van der Waals surface area (Å²) < 4.78 is 36.4. The molecule has 0 spiro atoms. The summed E-state index contributed by atoms with van der Waals surface area (Å²) in [6.45, 7) is 1.93. The Balaban J connectivity index is 0.00000529. The van der Waals surface area contributed by atoms with Gasteiger partial charge in [0.05, 0.1) is 19.1 Å². The molecule has 3 N–H and O–H groups in total. The molecule has 1 aromatic carbocycles. The first kappa shape index (κ1) is 23.5. The molecule has 1 atom stereocenters. The molecule has 0 saturated heterocycles. The van der Waals surface area contributed by atoms with E-state index in [0.29, 0.717) is 22.2 Å². The Hall–Kier alpha value is -0.450. The Morgan fingerprint density at radius 1 is 1.21 bits per heavy atom. The van der Waals surface area contributed by atoms with E-state index in [4.69, 9.17) is 23.2 Å². The Morgan fingerprint density at radius 3 is 2.29 bits per heavy atom. The minimum absolute atomic E-state index is 0. The number of hydrogen-bond donors (Lipinski definition) is 3. The van der Waals surface area contributed by atoms with Crippen molar-refractivity contribution in [3.8, 4) is 0 Å². The lowest BCUT2D eigenvalue weighted by atomic mass is 10.1. The zero-order chi connectivity index (χ0) is 17.5. The molecule has 0 fully saturated rings. The molecule has 1 aromatic rings. The summed E-state index contributed by atoms with van der Waals surface area (Å²) >= 11 is 11.7. The van der Waals surface area contributed by atoms with E-state index in [1.807, 2.05) is 0 Å². The quantitative estimate of drug-likeness (QED) is 0.313. The molecular formula is C14H19Cl2F3IN3O. The van der Waals surface area contributed by atoms with Crippen LogP contribution >= 0.6 is 47.2 Å². The van der Waals surface area contributed by atoms with Gasteiger partial charge in [-0.3, -0.25) is 4.99 Å². The first-order valence-corrected chi connectivity index (χ1v) is 7.70. The summed E-state index contributed by atoms with van der Waals surface area (Å²) in [5, 5.41) is 16.2. The van der Waals surface area contributed by atoms with Crippen molar-refractivity contribution in [2.75, 3.05) is 19.6 Å². The molecule has 0 bridgehead atoms. The third-order valence-corrected chi connectivity index (χ3v) is 3.17. The van der Waals surface area contributed by atoms with Gasteiger partial charge in [0, 0.05) is 23.1 Å². The van der Waals surface area contributed by atoms with Crippen molar-refractivity contribution in [2.24, 2.45) is 4.99 Å². The van der Waals surface area contributed by atoms with Crippen LogP contribution in [0.4, 0.5) is 13.2 Å². The molecule has 0 aliphatic rings. The maximum absolute atomic E-state index is 12.1. The van der Waals surface area contributed by atoms with E-state index in [-0.39, 0.29) is 43.0 Å². The number of hydrogen-bond acceptors (Lipinski definition) is 2. The SMILES string of the molecule is CCNC(=NCC(O)c1cc(Cl)cc(Cl)c1)NCCC(F)(F)F.I. The Kier molecular flexibility index (Phi) is 11.0. The highest BCUT2D eigenvalue weighted by Gasteiger charge is 2.26. The van der Waals surface area contributed by atoms with Crippen LogP contribution in [0.1, 0.15) is 25.0 Å². The highest BCUT2D eigenvalue weighted by molar-refractivity contribution is 14.0. The van der Waals surface area contributed by atoms with Gasteiger partial charge in [-0.2, -0.15) is 13.2 Å². The second-order valence-corrected chi connectivity index (χ2v) is 5.60. The number of guanidine groups is 1. The summed E-state index contributed by atoms with van der Waals surface area (Å²) in [7, 11) is 0. The van der Waals surface area contributed by atoms with Gasteiger partial charge in [0.1, 0.15) is 0 Å². The molecule has 0 heterocycles. The van der Waals surface area contributed by atoms with Crippen molar-refractivity contribution in [1.29, 1.82) is 0 Å². The fourth-order valence-corrected chi connectivity index (χ4v) is 2.26. The van der Waals surface area contributed by atoms with Crippen LogP contribution < -0.4 is 10.6 Å². The van der Waals surface area contributed by atoms with Gasteiger partial charge in [-0.25, -0.2) is 0 Å². The van der Waals surface area contributed by atoms with Gasteiger partial charge in [-0.15, -0.1) is 24.0 Å². The van der Waals surface area contributed by atoms with Crippen molar-refractivity contribution in [1.82, 2.24) is 10.6 Å². The average molecular weight is 500 g/mol. The van der Waals surface area contributed by atoms with Gasteiger partial charge in [0.15, 0.2) is 5.96 Å². The predicted octanol–water partition coefficient (Wildman–Crippen LogP) is 4.15. The van der Waals surface area contributed by atoms with Gasteiger partial charge in [-0.05, 0) is 30.7 Å². The number of nitrogens with one attached hydrogen (secondary N) is 2. The van der Waals surface area contributed by atoms with Crippen LogP contribution in [0.25, 0.3) is 0 Å². The number of rotatable bonds is 6. The fraction of sp³-hybridized carbons (Fsp3) is 0.500. The maximum Gasteiger partial charge on any atom is 0.390 e. The monoisotopic (exact) mass is 499 g/mol. The molecule has 0 aliphatic carbocycles. The number of benzene rings is 1. The molecule has 0 saturated carbocycles. The molecule has 1 rings (SSSR count). The smallest absolute Gasteiger partial charge is 0.386 e. The molecule has 1 unspecified atom stereocenters. The second-order valence-electron chi connectivity index (χ2n) is 4.73. The molecule has 24 heavy (non-hydrogen) atoms. The Bertz CT molecular complexity index is 524. The predicted molar refractivity (Wildman–Crippen MR) is 101 cm³/mol. The number of aliphatic hydroxyl groups excluding tert-OH is 1. The average Bonchev–Trinajstić information content (AvgIpc) is 2.42. The highest BCUT2D eigenvalue weighted by Crippen LogP contribution is 2.23. The zero-order valence-corrected chi connectivity index (χ0v) is 16.7. The Labute approximate surface area is 165 Å². The van der Waals surface area contributed by atoms with Crippen LogP contribution in [0.3, 0.4) is 0 Å². The first-order valence-electron chi connectivity index (χ1n) is 6.94. The molecule has 0 aliphatic heterocycles. The van der Waals surface area contributed by atoms with Crippen molar-refractivity contribution in [3.05, 3.63) is 33.8 Å². The van der Waals surface area contributed by atoms with E-state index < -0.39 is 18.7 Å². The van der Waals surface area contributed by atoms with Gasteiger partial charge in [0.2, 0.25) is 0 Å². The van der Waals surface area contributed by atoms with Crippen molar-refractivity contribution in [3.63, 3.8) is 0 Å². The number of aliphatic hydroxyl groups is 1. The van der Waals surface area contributed by atoms with Gasteiger partial charge < -0.3 is 15.7 Å². The lowest BCUT2D eigenvalue weighted by Crippen LogP contribution is -2.39. The summed E-state index contributed by atoms with van der Waals surface area (Å²) in [5.74, 6) is 0.198. The van der Waals surface area contributed by atoms with Crippen molar-refractivity contribution < 1.29 is 18.3 Å². The van der Waals surface area contributed by atoms with Crippen LogP contribution in [0.15, 0.2) is 23.2 Å². The van der Waals surface area contributed by atoms with Crippen LogP contribution in [-0.4, -0.2) is 36.9 Å². The van der Waals surface area contributed by atoms with Gasteiger partial charge >= 0.3 is 6.18 Å². The molecule has 0 radical (unpaired) electrons. The number of aliphatic imine (C=N–C) groups is 1. The van der Waals surface area contributed by atoms with Crippen LogP contribution in [0.2, 0.25) is 10.0 Å². The molecular weight excluding hydrogens is 481 g/mol. The zero-order valence-electron chi connectivity index (χ0n) is 12.8. The van der Waals surface area contributed by atoms with Crippen molar-refractivity contribution >= 4 is 53.1 Å². The molecule has 4 nitrogen and oxygen atoms in total. The lowest BCUT2D eigenvalue weighted by molar-refractivity contribution is -0.132. The van der Waals surface area contributed by atoms with E-state index in [1.54, 1.807) is 19.1 Å². The number of halogens is 6. The largest absolute Gasteiger partial charge is 0.390 e. The van der Waals surface area contributed by atoms with Crippen LogP contribution in [0.5, 0.6) is 0 Å². The summed E-state index contributed by atoms with van der Waals surface area (Å²) in [4.78, 5) is 4.06. The molecule has 0 amide bonds. The topological polar surface area (TPSA) is 56.7 Å². The van der Waals surface area contributed by atoms with Gasteiger partial charge in [-0.1, -0.05) is 23.2 Å². The molecule has 10 heteroatoms. The van der Waals surface area contributed by atoms with E-state index in [9.17, 15) is 18.3 Å². The number of nitrogens with zero attached hydrogens (tertiary/aromatic N) is 1. The van der Waals surface area contributed by atoms with E-state index >= 15 is 0 Å². The van der Waals surface area contributed by atoms with Crippen LogP contribution in [0, 0.1) is 0 Å². The maximum atomic E-state index is 12.1. The minimum atomic E-state index is -4.23. The summed E-state index contributed by atoms with van der Waals surface area (Å²) in [6.07, 6.45) is -6.17. The van der Waals surface area contributed by atoms with E-state index in [2.05, 4.69) is 15.6 Å². The van der Waals surface area contributed by atoms with Crippen molar-refractivity contribution in [2.45, 2.75) is 25.6 Å². The highest BCUT2D eigenvalue weighted by atomic mass is 127. The van der Waals surface area contributed by atoms with Crippen LogP contribution in [-0.2, 0) is 0 Å². The fourth-order valence-electron chi connectivity index (χ4n) is 1.72. The third-order valence-electron chi connectivity index (χ3n) is 2.74. The summed E-state index contributed by atoms with van der Waals surface area (Å²) in [6, 6.07) is 4.64. The number of alkyl halides is 3. The van der Waals surface area contributed by atoms with Gasteiger partial charge in [0.25, 0.3) is 0 Å². The summed E-state index contributed by atoms with van der Waals surface area (Å²) in [5.41, 5.74) is 0.484. The van der Waals surface area contributed by atoms with E-state index in [1.165, 1.54) is 6.07 Å². The minimum Gasteiger partial charge on any atom is -0.386 e. The first-order chi connectivity index (χ1) is 10.7.